The Morgan fingerprint density at radius 2 is 1.23 bits per heavy atom. The van der Waals surface area contributed by atoms with Gasteiger partial charge in [0.05, 0.1) is 18.8 Å². The van der Waals surface area contributed by atoms with Gasteiger partial charge in [0.25, 0.3) is 0 Å². The number of nitrogens with zero attached hydrogens (tertiary/aromatic N) is 1. The van der Waals surface area contributed by atoms with Crippen LogP contribution >= 0.6 is 0 Å². The highest BCUT2D eigenvalue weighted by Gasteiger charge is 2.19. The third-order valence-electron chi connectivity index (χ3n) is 7.60. The van der Waals surface area contributed by atoms with Gasteiger partial charge in [-0.1, -0.05) is 113 Å². The molecule has 3 fully saturated rings. The molecular formula is C37H87N3O3. The Balaban J connectivity index is -0.000000133. The van der Waals surface area contributed by atoms with E-state index in [0.717, 1.165) is 51.4 Å². The van der Waals surface area contributed by atoms with Gasteiger partial charge in [-0.05, 0) is 92.0 Å². The van der Waals surface area contributed by atoms with Crippen LogP contribution in [0.25, 0.3) is 0 Å². The lowest BCUT2D eigenvalue weighted by Crippen LogP contribution is -2.24. The number of rotatable bonds is 9. The van der Waals surface area contributed by atoms with Crippen molar-refractivity contribution in [2.45, 2.75) is 177 Å². The molecule has 3 aliphatic carbocycles. The molecule has 268 valence electrons. The van der Waals surface area contributed by atoms with Gasteiger partial charge in [-0.25, -0.2) is 0 Å². The average molecular weight is 622 g/mol. The summed E-state index contributed by atoms with van der Waals surface area (Å²) in [6.07, 6.45) is 18.1. The maximum atomic E-state index is 9.00. The molecule has 0 saturated heterocycles. The lowest BCUT2D eigenvalue weighted by molar-refractivity contribution is 0.141. The molecule has 0 spiro atoms. The van der Waals surface area contributed by atoms with Gasteiger partial charge in [0.1, 0.15) is 0 Å². The summed E-state index contributed by atoms with van der Waals surface area (Å²) in [6.45, 7) is 25.1. The van der Waals surface area contributed by atoms with E-state index in [2.05, 4.69) is 71.2 Å². The van der Waals surface area contributed by atoms with Gasteiger partial charge < -0.3 is 30.5 Å². The summed E-state index contributed by atoms with van der Waals surface area (Å²) in [5.41, 5.74) is 0. The van der Waals surface area contributed by atoms with Crippen LogP contribution in [-0.4, -0.2) is 87.9 Å². The molecule has 6 nitrogen and oxygen atoms in total. The molecule has 0 radical (unpaired) electrons. The molecule has 3 unspecified atom stereocenters. The highest BCUT2D eigenvalue weighted by atomic mass is 16.5. The summed E-state index contributed by atoms with van der Waals surface area (Å²) in [6, 6.07) is 0.685. The van der Waals surface area contributed by atoms with Crippen molar-refractivity contribution >= 4 is 0 Å². The number of aliphatic hydroxyl groups excluding tert-OH is 2. The Morgan fingerprint density at radius 1 is 0.767 bits per heavy atom. The van der Waals surface area contributed by atoms with Crippen LogP contribution in [0.1, 0.15) is 159 Å². The van der Waals surface area contributed by atoms with Crippen LogP contribution in [0.4, 0.5) is 0 Å². The Morgan fingerprint density at radius 3 is 1.42 bits per heavy atom. The minimum absolute atomic E-state index is 0.0139. The van der Waals surface area contributed by atoms with Crippen molar-refractivity contribution in [2.75, 3.05) is 54.5 Å². The van der Waals surface area contributed by atoms with Crippen LogP contribution in [0.5, 0.6) is 0 Å². The van der Waals surface area contributed by atoms with E-state index in [-0.39, 0.29) is 12.2 Å². The molecule has 0 aromatic heterocycles. The largest absolute Gasteiger partial charge is 0.393 e. The van der Waals surface area contributed by atoms with E-state index in [1.165, 1.54) is 70.6 Å². The fraction of sp³-hybridized carbons (Fsp3) is 1.00. The van der Waals surface area contributed by atoms with Crippen molar-refractivity contribution in [1.29, 1.82) is 0 Å². The Hall–Kier alpha value is -0.240. The second-order valence-electron chi connectivity index (χ2n) is 12.1. The van der Waals surface area contributed by atoms with Gasteiger partial charge >= 0.3 is 0 Å². The van der Waals surface area contributed by atoms with E-state index >= 15 is 0 Å². The molecule has 3 atom stereocenters. The van der Waals surface area contributed by atoms with E-state index < -0.39 is 0 Å². The van der Waals surface area contributed by atoms with Crippen molar-refractivity contribution in [3.05, 3.63) is 0 Å². The number of aliphatic hydroxyl groups is 2. The normalized spacial score (nSPS) is 19.1. The second-order valence-corrected chi connectivity index (χ2v) is 12.1. The molecule has 0 aromatic rings. The van der Waals surface area contributed by atoms with E-state index in [1.54, 1.807) is 7.11 Å². The minimum atomic E-state index is 0.0139. The Labute approximate surface area is 273 Å². The van der Waals surface area contributed by atoms with E-state index in [9.17, 15) is 0 Å². The van der Waals surface area contributed by atoms with Crippen LogP contribution in [0.15, 0.2) is 0 Å². The molecule has 3 aliphatic rings. The number of methoxy groups -OCH3 is 1. The van der Waals surface area contributed by atoms with Gasteiger partial charge in [0, 0.05) is 19.7 Å². The van der Waals surface area contributed by atoms with Gasteiger partial charge in [-0.3, -0.25) is 0 Å². The molecule has 0 heterocycles. The van der Waals surface area contributed by atoms with E-state index in [4.69, 9.17) is 14.9 Å². The fourth-order valence-electron chi connectivity index (χ4n) is 3.83. The van der Waals surface area contributed by atoms with Crippen molar-refractivity contribution in [3.63, 3.8) is 0 Å². The maximum Gasteiger partial charge on any atom is 0.0587 e. The van der Waals surface area contributed by atoms with Gasteiger partial charge in [-0.2, -0.15) is 0 Å². The summed E-state index contributed by atoms with van der Waals surface area (Å²) < 4.78 is 4.89. The zero-order valence-corrected chi connectivity index (χ0v) is 32.4. The molecule has 0 bridgehead atoms. The number of ether oxygens (including phenoxy) is 1. The molecule has 4 N–H and O–H groups in total. The first-order chi connectivity index (χ1) is 20.6. The molecule has 3 saturated carbocycles. The summed E-state index contributed by atoms with van der Waals surface area (Å²) >= 11 is 0. The molecule has 0 aliphatic heterocycles. The molecule has 0 amide bonds. The number of nitrogens with one attached hydrogen (secondary N) is 2. The second kappa shape index (κ2) is 46.2. The topological polar surface area (TPSA) is 77.0 Å². The van der Waals surface area contributed by atoms with E-state index in [1.807, 2.05) is 34.7 Å². The zero-order chi connectivity index (χ0) is 34.3. The van der Waals surface area contributed by atoms with Crippen LogP contribution in [0, 0.1) is 11.8 Å². The lowest BCUT2D eigenvalue weighted by atomic mass is 10.1. The predicted molar refractivity (Wildman–Crippen MR) is 197 cm³/mol. The van der Waals surface area contributed by atoms with Crippen molar-refractivity contribution in [3.8, 4) is 0 Å². The summed E-state index contributed by atoms with van der Waals surface area (Å²) in [7, 11) is 7.84. The lowest BCUT2D eigenvalue weighted by Gasteiger charge is -2.12. The molecule has 6 heteroatoms. The van der Waals surface area contributed by atoms with Crippen molar-refractivity contribution in [2.24, 2.45) is 11.8 Å². The average Bonchev–Trinajstić information content (AvgIpc) is 3.82. The zero-order valence-electron chi connectivity index (χ0n) is 32.4. The van der Waals surface area contributed by atoms with Gasteiger partial charge in [0.2, 0.25) is 0 Å². The minimum Gasteiger partial charge on any atom is -0.393 e. The molecule has 0 aromatic carbocycles. The first-order valence-electron chi connectivity index (χ1n) is 18.4. The molecule has 3 rings (SSSR count). The monoisotopic (exact) mass is 622 g/mol. The third-order valence-corrected chi connectivity index (χ3v) is 7.60. The summed E-state index contributed by atoms with van der Waals surface area (Å²) in [5, 5.41) is 24.1. The quantitative estimate of drug-likeness (QED) is 0.193. The standard InChI is InChI=1S/C8H19NO.C6H12O.C5H13N.C5H10O.C5H10.C4H11N.2C2H6/c1-4-8(2)7-9-5-6-10-3;1-5-3-2-4-6(5)7;1-5(2)6(3)4;6-5-3-1-2-4-5;1-2-4-5-3-1;1-3-4-5-2;2*1-2/h8-9H,4-7H2,1-3H3;5-7H,2-4H2,1H3;5H,1-4H3;5-6H,1-4H2;1-5H2;5H,3-4H2,1-2H3;2*1-2H3. The molecule has 43 heavy (non-hydrogen) atoms. The van der Waals surface area contributed by atoms with Crippen molar-refractivity contribution < 1.29 is 14.9 Å². The Kier molecular flexibility index (Phi) is 56.2. The number of hydrogen-bond donors (Lipinski definition) is 4. The summed E-state index contributed by atoms with van der Waals surface area (Å²) in [4.78, 5) is 2.17. The Bertz CT molecular complexity index is 406. The smallest absolute Gasteiger partial charge is 0.0587 e. The SMILES string of the molecule is C1CCCC1.CC.CC.CC(C)N(C)C.CC1CCCC1O.CCC(C)CNCCOC.CCCNC.OC1CCCC1. The van der Waals surface area contributed by atoms with Crippen LogP contribution < -0.4 is 10.6 Å². The van der Waals surface area contributed by atoms with Crippen LogP contribution in [0.3, 0.4) is 0 Å². The number of hydrogen-bond acceptors (Lipinski definition) is 6. The first-order valence-corrected chi connectivity index (χ1v) is 18.4. The van der Waals surface area contributed by atoms with Crippen LogP contribution in [0.2, 0.25) is 0 Å². The first kappa shape index (κ1) is 52.3. The van der Waals surface area contributed by atoms with Crippen LogP contribution in [-0.2, 0) is 4.74 Å². The fourth-order valence-corrected chi connectivity index (χ4v) is 3.83. The summed E-state index contributed by atoms with van der Waals surface area (Å²) in [5.74, 6) is 1.36. The van der Waals surface area contributed by atoms with Crippen molar-refractivity contribution in [1.82, 2.24) is 15.5 Å². The third kappa shape index (κ3) is 51.6. The highest BCUT2D eigenvalue weighted by molar-refractivity contribution is 4.71. The maximum absolute atomic E-state index is 9.00. The molecular weight excluding hydrogens is 534 g/mol. The highest BCUT2D eigenvalue weighted by Crippen LogP contribution is 2.24. The van der Waals surface area contributed by atoms with Gasteiger partial charge in [-0.15, -0.1) is 0 Å². The van der Waals surface area contributed by atoms with E-state index in [0.29, 0.717) is 12.0 Å². The van der Waals surface area contributed by atoms with Gasteiger partial charge in [0.15, 0.2) is 0 Å². The predicted octanol–water partition coefficient (Wildman–Crippen LogP) is 8.93.